The first kappa shape index (κ1) is 19.3. The van der Waals surface area contributed by atoms with E-state index in [2.05, 4.69) is 10.2 Å². The highest BCUT2D eigenvalue weighted by molar-refractivity contribution is 7.89. The fraction of sp³-hybridized carbons (Fsp3) is 0.278. The minimum atomic E-state index is -3.61. The number of nitrogens with zero attached hydrogens (tertiary/aromatic N) is 3. The number of fused-ring (bicyclic) bond motifs is 1. The average Bonchev–Trinajstić information content (AvgIpc) is 3.14. The van der Waals surface area contributed by atoms with Crippen LogP contribution >= 0.6 is 0 Å². The van der Waals surface area contributed by atoms with Crippen LogP contribution in [0.1, 0.15) is 10.4 Å². The Kier molecular flexibility index (Phi) is 4.94. The maximum atomic E-state index is 12.8. The van der Waals surface area contributed by atoms with Crippen molar-refractivity contribution in [2.24, 2.45) is 0 Å². The molecule has 0 unspecified atom stereocenters. The van der Waals surface area contributed by atoms with Gasteiger partial charge in [-0.3, -0.25) is 4.79 Å². The highest BCUT2D eigenvalue weighted by Gasteiger charge is 2.26. The zero-order valence-corrected chi connectivity index (χ0v) is 16.3. The zero-order valence-electron chi connectivity index (χ0n) is 15.5. The van der Waals surface area contributed by atoms with Crippen molar-refractivity contribution in [2.45, 2.75) is 4.90 Å². The lowest BCUT2D eigenvalue weighted by atomic mass is 10.1. The van der Waals surface area contributed by atoms with E-state index < -0.39 is 21.6 Å². The quantitative estimate of drug-likeness (QED) is 0.611. The Morgan fingerprint density at radius 1 is 1.17 bits per heavy atom. The van der Waals surface area contributed by atoms with Crippen LogP contribution in [-0.4, -0.2) is 66.9 Å². The summed E-state index contributed by atoms with van der Waals surface area (Å²) in [7, 11) is -2.38. The number of hydrogen-bond donors (Lipinski definition) is 1. The van der Waals surface area contributed by atoms with E-state index in [0.717, 1.165) is 0 Å². The molecule has 10 nitrogen and oxygen atoms in total. The average molecular weight is 418 g/mol. The minimum Gasteiger partial charge on any atom is -0.465 e. The molecule has 0 amide bonds. The molecule has 0 spiro atoms. The number of benzene rings is 1. The van der Waals surface area contributed by atoms with Crippen molar-refractivity contribution in [1.82, 2.24) is 19.1 Å². The molecule has 0 bridgehead atoms. The third-order valence-corrected chi connectivity index (χ3v) is 6.62. The molecule has 0 saturated carbocycles. The van der Waals surface area contributed by atoms with E-state index in [0.29, 0.717) is 32.0 Å². The molecule has 1 aromatic carbocycles. The Balaban J connectivity index is 1.73. The molecule has 1 fully saturated rings. The topological polar surface area (TPSA) is 124 Å². The van der Waals surface area contributed by atoms with Gasteiger partial charge in [-0.2, -0.15) is 9.40 Å². The van der Waals surface area contributed by atoms with Gasteiger partial charge in [0.1, 0.15) is 11.3 Å². The van der Waals surface area contributed by atoms with E-state index in [1.807, 2.05) is 0 Å². The lowest BCUT2D eigenvalue weighted by molar-refractivity contribution is 0.0600. The van der Waals surface area contributed by atoms with Gasteiger partial charge in [-0.05, 0) is 24.3 Å². The number of carbonyl (C=O) groups excluding carboxylic acids is 1. The van der Waals surface area contributed by atoms with Crippen molar-refractivity contribution in [3.63, 3.8) is 0 Å². The molecule has 152 valence electrons. The molecule has 1 N–H and O–H groups in total. The van der Waals surface area contributed by atoms with Gasteiger partial charge in [0.05, 0.1) is 30.8 Å². The number of aromatic amines is 1. The standard InChI is InChI=1S/C18H18N4O6S/c1-27-18(24)15-11-21(10-14-16(15)19-20-17(14)23)12-2-4-13(5-3-12)29(25,26)22-6-8-28-9-7-22/h2-5,10-11H,6-9H2,1H3,(H,20,23). The van der Waals surface area contributed by atoms with Crippen molar-refractivity contribution >= 4 is 16.0 Å². The molecule has 3 aliphatic rings. The van der Waals surface area contributed by atoms with Crippen LogP contribution in [0, 0.1) is 0 Å². The molecule has 1 saturated heterocycles. The molecule has 11 heteroatoms. The first-order chi connectivity index (χ1) is 13.9. The highest BCUT2D eigenvalue weighted by Crippen LogP contribution is 2.24. The number of aromatic nitrogens is 3. The van der Waals surface area contributed by atoms with Gasteiger partial charge < -0.3 is 14.0 Å². The molecule has 4 rings (SSSR count). The molecule has 1 aromatic rings. The third-order valence-electron chi connectivity index (χ3n) is 4.71. The van der Waals surface area contributed by atoms with E-state index in [1.165, 1.54) is 35.9 Å². The van der Waals surface area contributed by atoms with Crippen LogP contribution in [0.3, 0.4) is 0 Å². The van der Waals surface area contributed by atoms with Crippen molar-refractivity contribution in [3.05, 3.63) is 52.6 Å². The maximum Gasteiger partial charge on any atom is 0.341 e. The van der Waals surface area contributed by atoms with Gasteiger partial charge in [0.15, 0.2) is 0 Å². The number of pyridine rings is 1. The van der Waals surface area contributed by atoms with Gasteiger partial charge in [0.2, 0.25) is 10.0 Å². The van der Waals surface area contributed by atoms with Gasteiger partial charge in [-0.15, -0.1) is 0 Å². The fourth-order valence-corrected chi connectivity index (χ4v) is 4.58. The number of nitrogens with one attached hydrogen (secondary N) is 1. The van der Waals surface area contributed by atoms with E-state index >= 15 is 0 Å². The second-order valence-electron chi connectivity index (χ2n) is 6.40. The van der Waals surface area contributed by atoms with Crippen molar-refractivity contribution < 1.29 is 22.7 Å². The number of sulfonamides is 1. The zero-order chi connectivity index (χ0) is 20.6. The predicted molar refractivity (Wildman–Crippen MR) is 102 cm³/mol. The van der Waals surface area contributed by atoms with Crippen LogP contribution in [0.2, 0.25) is 0 Å². The molecular formula is C18H18N4O6S. The van der Waals surface area contributed by atoms with Crippen molar-refractivity contribution in [2.75, 3.05) is 33.4 Å². The lowest BCUT2D eigenvalue weighted by Crippen LogP contribution is -2.40. The molecule has 0 atom stereocenters. The van der Waals surface area contributed by atoms with Crippen LogP contribution in [0.15, 0.2) is 46.3 Å². The number of ether oxygens (including phenoxy) is 2. The van der Waals surface area contributed by atoms with Gasteiger partial charge in [-0.1, -0.05) is 0 Å². The fourth-order valence-electron chi connectivity index (χ4n) is 3.17. The molecule has 29 heavy (non-hydrogen) atoms. The monoisotopic (exact) mass is 418 g/mol. The molecule has 0 aliphatic carbocycles. The summed E-state index contributed by atoms with van der Waals surface area (Å²) in [6.45, 7) is 1.35. The number of H-pyrrole nitrogens is 1. The Morgan fingerprint density at radius 2 is 1.86 bits per heavy atom. The summed E-state index contributed by atoms with van der Waals surface area (Å²) in [4.78, 5) is 24.3. The summed E-state index contributed by atoms with van der Waals surface area (Å²) < 4.78 is 38.4. The summed E-state index contributed by atoms with van der Waals surface area (Å²) in [5.41, 5.74) is 0.681. The summed E-state index contributed by atoms with van der Waals surface area (Å²) in [6, 6.07) is 6.18. The summed E-state index contributed by atoms with van der Waals surface area (Å²) in [5, 5.41) is 6.19. The van der Waals surface area contributed by atoms with Crippen LogP contribution < -0.4 is 5.56 Å². The van der Waals surface area contributed by atoms with E-state index in [4.69, 9.17) is 9.47 Å². The largest absolute Gasteiger partial charge is 0.465 e. The number of rotatable bonds is 4. The Bertz CT molecular complexity index is 1180. The molecular weight excluding hydrogens is 400 g/mol. The van der Waals surface area contributed by atoms with Gasteiger partial charge in [0.25, 0.3) is 5.56 Å². The van der Waals surface area contributed by atoms with E-state index in [1.54, 1.807) is 16.7 Å². The minimum absolute atomic E-state index is 0.119. The molecule has 3 aliphatic heterocycles. The molecule has 0 radical (unpaired) electrons. The normalized spacial score (nSPS) is 15.5. The van der Waals surface area contributed by atoms with Crippen molar-refractivity contribution in [3.8, 4) is 16.9 Å². The number of methoxy groups -OCH3 is 1. The Morgan fingerprint density at radius 3 is 2.52 bits per heavy atom. The first-order valence-electron chi connectivity index (χ1n) is 8.79. The van der Waals surface area contributed by atoms with Gasteiger partial charge in [-0.25, -0.2) is 18.3 Å². The van der Waals surface area contributed by atoms with E-state index in [9.17, 15) is 18.0 Å². The lowest BCUT2D eigenvalue weighted by Gasteiger charge is -2.26. The summed E-state index contributed by atoms with van der Waals surface area (Å²) >= 11 is 0. The second-order valence-corrected chi connectivity index (χ2v) is 8.33. The van der Waals surface area contributed by atoms with Crippen LogP contribution in [-0.2, 0) is 19.5 Å². The molecule has 3 heterocycles. The predicted octanol–water partition coefficient (Wildman–Crippen LogP) is 0.473. The van der Waals surface area contributed by atoms with Crippen LogP contribution in [0.25, 0.3) is 16.9 Å². The molecule has 0 aromatic heterocycles. The summed E-state index contributed by atoms with van der Waals surface area (Å²) in [6.07, 6.45) is 3.01. The second kappa shape index (κ2) is 7.43. The number of hydrogen-bond acceptors (Lipinski definition) is 7. The van der Waals surface area contributed by atoms with Crippen molar-refractivity contribution in [1.29, 1.82) is 0 Å². The van der Waals surface area contributed by atoms with Gasteiger partial charge >= 0.3 is 5.97 Å². The maximum absolute atomic E-state index is 12.8. The third kappa shape index (κ3) is 3.43. The number of carbonyl (C=O) groups is 1. The Labute approximate surface area is 166 Å². The smallest absolute Gasteiger partial charge is 0.341 e. The summed E-state index contributed by atoms with van der Waals surface area (Å²) in [5.74, 6) is -0.637. The Hall–Kier alpha value is -3.02. The van der Waals surface area contributed by atoms with Gasteiger partial charge in [0, 0.05) is 31.2 Å². The number of morpholine rings is 1. The number of esters is 1. The SMILES string of the molecule is COC(=O)c1cn(-c2ccc(S(=O)(=O)N3CCOCC3)cc2)cc2c(=O)[nH]nc1-2. The van der Waals surface area contributed by atoms with E-state index in [-0.39, 0.29) is 21.7 Å². The van der Waals surface area contributed by atoms with Crippen LogP contribution in [0.5, 0.6) is 0 Å². The first-order valence-corrected chi connectivity index (χ1v) is 10.2. The van der Waals surface area contributed by atoms with Crippen LogP contribution in [0.4, 0.5) is 0 Å². The highest BCUT2D eigenvalue weighted by atomic mass is 32.2.